The summed E-state index contributed by atoms with van der Waals surface area (Å²) >= 11 is 0. The van der Waals surface area contributed by atoms with Crippen LogP contribution >= 0.6 is 0 Å². The van der Waals surface area contributed by atoms with E-state index in [0.717, 1.165) is 24.5 Å². The Bertz CT molecular complexity index is 1760. The number of urea groups is 1. The molecule has 2 heterocycles. The van der Waals surface area contributed by atoms with Gasteiger partial charge in [0.25, 0.3) is 5.91 Å². The van der Waals surface area contributed by atoms with Crippen LogP contribution < -0.4 is 20.9 Å². The SMILES string of the molecule is CN1CCN(C(=O)c2cccc(NC(=O)Nc3ccc(N(C)c4ccnc(Nc5ccc(CS(C)(=O)=O)cc5)n4)cc3)c2)CC1. The van der Waals surface area contributed by atoms with Gasteiger partial charge in [0, 0.05) is 74.0 Å². The molecule has 3 aromatic carbocycles. The van der Waals surface area contributed by atoms with Crippen molar-refractivity contribution in [2.45, 2.75) is 5.75 Å². The van der Waals surface area contributed by atoms with Crippen LogP contribution in [-0.2, 0) is 15.6 Å². The smallest absolute Gasteiger partial charge is 0.323 e. The molecule has 0 radical (unpaired) electrons. The molecule has 1 aromatic heterocycles. The summed E-state index contributed by atoms with van der Waals surface area (Å²) < 4.78 is 23.1. The predicted molar refractivity (Wildman–Crippen MR) is 177 cm³/mol. The number of benzene rings is 3. The van der Waals surface area contributed by atoms with Crippen LogP contribution in [0.5, 0.6) is 0 Å². The summed E-state index contributed by atoms with van der Waals surface area (Å²) in [4.78, 5) is 40.4. The second-order valence-corrected chi connectivity index (χ2v) is 13.1. The number of nitrogens with zero attached hydrogens (tertiary/aromatic N) is 5. The summed E-state index contributed by atoms with van der Waals surface area (Å²) in [5, 5.41) is 8.78. The van der Waals surface area contributed by atoms with Gasteiger partial charge >= 0.3 is 6.03 Å². The maximum atomic E-state index is 12.9. The molecule has 0 saturated carbocycles. The second-order valence-electron chi connectivity index (χ2n) is 11.0. The summed E-state index contributed by atoms with van der Waals surface area (Å²) in [6.07, 6.45) is 2.85. The third-order valence-corrected chi connectivity index (χ3v) is 8.15. The van der Waals surface area contributed by atoms with Crippen LogP contribution in [-0.4, -0.2) is 86.7 Å². The molecule has 0 bridgehead atoms. The number of hydrogen-bond acceptors (Lipinski definition) is 9. The van der Waals surface area contributed by atoms with E-state index in [2.05, 4.69) is 30.8 Å². The normalized spacial score (nSPS) is 13.6. The van der Waals surface area contributed by atoms with Gasteiger partial charge in [-0.15, -0.1) is 0 Å². The third kappa shape index (κ3) is 8.77. The lowest BCUT2D eigenvalue weighted by atomic mass is 10.1. The van der Waals surface area contributed by atoms with E-state index in [1.807, 2.05) is 36.0 Å². The molecular formula is C32H36N8O4S. The van der Waals surface area contributed by atoms with Crippen molar-refractivity contribution >= 4 is 56.3 Å². The van der Waals surface area contributed by atoms with Crippen LogP contribution in [0, 0.1) is 0 Å². The first-order valence-corrected chi connectivity index (χ1v) is 16.4. The Labute approximate surface area is 263 Å². The van der Waals surface area contributed by atoms with E-state index in [-0.39, 0.29) is 11.7 Å². The number of piperazine rings is 1. The molecule has 3 amide bonds. The zero-order valence-electron chi connectivity index (χ0n) is 25.4. The van der Waals surface area contributed by atoms with E-state index < -0.39 is 15.9 Å². The van der Waals surface area contributed by atoms with E-state index in [9.17, 15) is 18.0 Å². The molecule has 5 rings (SSSR count). The minimum Gasteiger partial charge on any atom is -0.336 e. The van der Waals surface area contributed by atoms with Gasteiger partial charge in [-0.25, -0.2) is 18.2 Å². The van der Waals surface area contributed by atoms with Crippen molar-refractivity contribution in [1.82, 2.24) is 19.8 Å². The molecule has 234 valence electrons. The molecule has 4 aromatic rings. The monoisotopic (exact) mass is 628 g/mol. The largest absolute Gasteiger partial charge is 0.336 e. The lowest BCUT2D eigenvalue weighted by molar-refractivity contribution is 0.0664. The van der Waals surface area contributed by atoms with Crippen LogP contribution in [0.1, 0.15) is 15.9 Å². The molecule has 0 atom stereocenters. The van der Waals surface area contributed by atoms with Crippen molar-refractivity contribution in [3.05, 3.63) is 96.2 Å². The zero-order chi connectivity index (χ0) is 32.0. The zero-order valence-corrected chi connectivity index (χ0v) is 26.2. The van der Waals surface area contributed by atoms with Crippen LogP contribution in [0.25, 0.3) is 0 Å². The van der Waals surface area contributed by atoms with Crippen molar-refractivity contribution in [3.63, 3.8) is 0 Å². The highest BCUT2D eigenvalue weighted by molar-refractivity contribution is 7.89. The predicted octanol–water partition coefficient (Wildman–Crippen LogP) is 4.56. The fraction of sp³-hybridized carbons (Fsp3) is 0.250. The third-order valence-electron chi connectivity index (χ3n) is 7.29. The van der Waals surface area contributed by atoms with Gasteiger partial charge in [0.15, 0.2) is 9.84 Å². The summed E-state index contributed by atoms with van der Waals surface area (Å²) in [5.41, 5.74) is 3.94. The van der Waals surface area contributed by atoms with E-state index in [1.165, 1.54) is 6.26 Å². The first-order chi connectivity index (χ1) is 21.5. The number of anilines is 6. The van der Waals surface area contributed by atoms with Gasteiger partial charge in [0.05, 0.1) is 5.75 Å². The van der Waals surface area contributed by atoms with E-state index in [0.29, 0.717) is 47.4 Å². The van der Waals surface area contributed by atoms with Crippen LogP contribution in [0.4, 0.5) is 39.3 Å². The Morgan fingerprint density at radius 2 is 1.53 bits per heavy atom. The summed E-state index contributed by atoms with van der Waals surface area (Å²) in [5.74, 6) is 0.973. The fourth-order valence-corrected chi connectivity index (χ4v) is 5.63. The average Bonchev–Trinajstić information content (AvgIpc) is 3.01. The molecule has 12 nitrogen and oxygen atoms in total. The quantitative estimate of drug-likeness (QED) is 0.243. The van der Waals surface area contributed by atoms with Crippen LogP contribution in [0.2, 0.25) is 0 Å². The molecule has 0 aliphatic carbocycles. The molecule has 45 heavy (non-hydrogen) atoms. The van der Waals surface area contributed by atoms with Crippen molar-refractivity contribution in [2.75, 3.05) is 67.4 Å². The topological polar surface area (TPSA) is 140 Å². The Morgan fingerprint density at radius 1 is 0.867 bits per heavy atom. The van der Waals surface area contributed by atoms with Gasteiger partial charge in [0.2, 0.25) is 5.95 Å². The minimum absolute atomic E-state index is 0.0174. The first-order valence-electron chi connectivity index (χ1n) is 14.4. The number of nitrogens with one attached hydrogen (secondary N) is 3. The first kappa shape index (κ1) is 31.4. The Morgan fingerprint density at radius 3 is 2.22 bits per heavy atom. The fourth-order valence-electron chi connectivity index (χ4n) is 4.83. The number of likely N-dealkylation sites (N-methyl/N-ethyl adjacent to an activating group) is 1. The maximum Gasteiger partial charge on any atom is 0.323 e. The number of aromatic nitrogens is 2. The molecular weight excluding hydrogens is 592 g/mol. The molecule has 1 aliphatic heterocycles. The van der Waals surface area contributed by atoms with Crippen molar-refractivity contribution in [1.29, 1.82) is 0 Å². The van der Waals surface area contributed by atoms with Crippen molar-refractivity contribution < 1.29 is 18.0 Å². The average molecular weight is 629 g/mol. The maximum absolute atomic E-state index is 12.9. The molecule has 0 unspecified atom stereocenters. The molecule has 13 heteroatoms. The number of carbonyl (C=O) groups excluding carboxylic acids is 2. The van der Waals surface area contributed by atoms with E-state index in [4.69, 9.17) is 0 Å². The van der Waals surface area contributed by atoms with E-state index >= 15 is 0 Å². The van der Waals surface area contributed by atoms with Gasteiger partial charge in [-0.1, -0.05) is 18.2 Å². The molecule has 0 spiro atoms. The van der Waals surface area contributed by atoms with Gasteiger partial charge in [-0.05, 0) is 73.3 Å². The van der Waals surface area contributed by atoms with Gasteiger partial charge < -0.3 is 30.7 Å². The lowest BCUT2D eigenvalue weighted by Gasteiger charge is -2.32. The highest BCUT2D eigenvalue weighted by atomic mass is 32.2. The molecule has 3 N–H and O–H groups in total. The highest BCUT2D eigenvalue weighted by Crippen LogP contribution is 2.25. The second kappa shape index (κ2) is 13.7. The molecule has 1 aliphatic rings. The summed E-state index contributed by atoms with van der Waals surface area (Å²) in [6, 6.07) is 22.7. The van der Waals surface area contributed by atoms with Crippen LogP contribution in [0.15, 0.2) is 85.1 Å². The summed E-state index contributed by atoms with van der Waals surface area (Å²) in [6.45, 7) is 3.03. The Balaban J connectivity index is 1.16. The number of sulfone groups is 1. The number of hydrogen-bond donors (Lipinski definition) is 3. The van der Waals surface area contributed by atoms with E-state index in [1.54, 1.807) is 72.9 Å². The van der Waals surface area contributed by atoms with Gasteiger partial charge in [0.1, 0.15) is 5.82 Å². The molecule has 1 fully saturated rings. The Hall–Kier alpha value is -5.01. The van der Waals surface area contributed by atoms with Gasteiger partial charge in [-0.2, -0.15) is 4.98 Å². The minimum atomic E-state index is -3.11. The summed E-state index contributed by atoms with van der Waals surface area (Å²) in [7, 11) is 0.806. The van der Waals surface area contributed by atoms with Crippen molar-refractivity contribution in [2.24, 2.45) is 0 Å². The highest BCUT2D eigenvalue weighted by Gasteiger charge is 2.20. The number of carbonyl (C=O) groups is 2. The van der Waals surface area contributed by atoms with Crippen molar-refractivity contribution in [3.8, 4) is 0 Å². The lowest BCUT2D eigenvalue weighted by Crippen LogP contribution is -2.47. The molecule has 1 saturated heterocycles. The number of rotatable bonds is 9. The van der Waals surface area contributed by atoms with Gasteiger partial charge in [-0.3, -0.25) is 4.79 Å². The number of amides is 3. The standard InChI is InChI=1S/C32H36N8O4S/c1-38-17-19-40(20-18-38)30(41)24-5-4-6-27(21-24)36-32(42)35-26-11-13-28(14-12-26)39(2)29-15-16-33-31(37-29)34-25-9-7-23(8-10-25)22-45(3,43)44/h4-16,21H,17-20,22H2,1-3H3,(H,33,34,37)(H2,35,36,42). The Kier molecular flexibility index (Phi) is 9.59. The van der Waals surface area contributed by atoms with Crippen LogP contribution in [0.3, 0.4) is 0 Å².